The Labute approximate surface area is 134 Å². The Hall–Kier alpha value is -1.73. The standard InChI is InChI=1S/C14H14ClFN2O3S/c1-8-6-13(18-21-8)17-14(19)9(2)22(20)7-10-11(15)4-3-5-12(10)16/h3-6,9H,7H2,1-2H3,(H,17,18,19)/t9-,22+/m0/s1. The summed E-state index contributed by atoms with van der Waals surface area (Å²) in [6.07, 6.45) is 0. The van der Waals surface area contributed by atoms with Crippen LogP contribution in [0.15, 0.2) is 28.8 Å². The number of anilines is 1. The topological polar surface area (TPSA) is 72.2 Å². The Morgan fingerprint density at radius 3 is 2.86 bits per heavy atom. The van der Waals surface area contributed by atoms with E-state index in [1.54, 1.807) is 13.0 Å². The van der Waals surface area contributed by atoms with Crippen LogP contribution in [0.1, 0.15) is 18.2 Å². The number of carbonyl (C=O) groups excluding carboxylic acids is 1. The van der Waals surface area contributed by atoms with Crippen LogP contribution in [0.5, 0.6) is 0 Å². The van der Waals surface area contributed by atoms with Gasteiger partial charge in [-0.1, -0.05) is 22.8 Å². The molecule has 0 aliphatic rings. The maximum atomic E-state index is 13.7. The molecule has 2 atom stereocenters. The molecule has 0 saturated heterocycles. The number of hydrogen-bond acceptors (Lipinski definition) is 4. The van der Waals surface area contributed by atoms with Gasteiger partial charge in [0.25, 0.3) is 0 Å². The van der Waals surface area contributed by atoms with Crippen molar-refractivity contribution in [3.63, 3.8) is 0 Å². The number of halogens is 2. The number of aromatic nitrogens is 1. The fourth-order valence-corrected chi connectivity index (χ4v) is 3.14. The van der Waals surface area contributed by atoms with E-state index in [4.69, 9.17) is 16.1 Å². The molecule has 1 amide bonds. The molecule has 0 aliphatic carbocycles. The Morgan fingerprint density at radius 1 is 1.55 bits per heavy atom. The maximum Gasteiger partial charge on any atom is 0.241 e. The van der Waals surface area contributed by atoms with Crippen molar-refractivity contribution in [1.29, 1.82) is 0 Å². The fraction of sp³-hybridized carbons (Fsp3) is 0.286. The van der Waals surface area contributed by atoms with Gasteiger partial charge in [0.15, 0.2) is 5.82 Å². The van der Waals surface area contributed by atoms with Gasteiger partial charge in [-0.05, 0) is 26.0 Å². The molecule has 1 heterocycles. The zero-order chi connectivity index (χ0) is 16.3. The molecule has 2 aromatic rings. The van der Waals surface area contributed by atoms with E-state index >= 15 is 0 Å². The molecule has 0 spiro atoms. The third kappa shape index (κ3) is 3.92. The maximum absolute atomic E-state index is 13.7. The van der Waals surface area contributed by atoms with Crippen LogP contribution in [0, 0.1) is 12.7 Å². The molecule has 1 aromatic heterocycles. The molecule has 1 aromatic carbocycles. The van der Waals surface area contributed by atoms with Crippen LogP contribution in [0.4, 0.5) is 10.2 Å². The first kappa shape index (κ1) is 16.6. The first-order chi connectivity index (χ1) is 10.4. The Kier molecular flexibility index (Phi) is 5.31. The van der Waals surface area contributed by atoms with Crippen molar-refractivity contribution in [2.24, 2.45) is 0 Å². The molecule has 1 N–H and O–H groups in total. The predicted molar refractivity (Wildman–Crippen MR) is 82.6 cm³/mol. The Balaban J connectivity index is 2.04. The second-order valence-electron chi connectivity index (χ2n) is 4.68. The number of amides is 1. The van der Waals surface area contributed by atoms with Crippen molar-refractivity contribution in [2.45, 2.75) is 24.9 Å². The van der Waals surface area contributed by atoms with Gasteiger partial charge in [0.1, 0.15) is 16.8 Å². The first-order valence-corrected chi connectivity index (χ1v) is 8.18. The Morgan fingerprint density at radius 2 is 2.27 bits per heavy atom. The van der Waals surface area contributed by atoms with E-state index in [0.717, 1.165) is 0 Å². The van der Waals surface area contributed by atoms with Crippen LogP contribution in [-0.4, -0.2) is 20.5 Å². The van der Waals surface area contributed by atoms with E-state index in [-0.39, 0.29) is 22.2 Å². The number of rotatable bonds is 5. The lowest BCUT2D eigenvalue weighted by molar-refractivity contribution is -0.115. The minimum absolute atomic E-state index is 0.138. The summed E-state index contributed by atoms with van der Waals surface area (Å²) in [6.45, 7) is 3.18. The summed E-state index contributed by atoms with van der Waals surface area (Å²) in [5, 5.41) is 5.45. The molecule has 2 rings (SSSR count). The molecule has 0 unspecified atom stereocenters. The summed E-state index contributed by atoms with van der Waals surface area (Å²) in [6, 6.07) is 5.76. The van der Waals surface area contributed by atoms with E-state index < -0.39 is 27.8 Å². The predicted octanol–water partition coefficient (Wildman–Crippen LogP) is 3.05. The smallest absolute Gasteiger partial charge is 0.241 e. The number of nitrogens with zero attached hydrogens (tertiary/aromatic N) is 1. The molecule has 118 valence electrons. The lowest BCUT2D eigenvalue weighted by Crippen LogP contribution is -2.30. The van der Waals surface area contributed by atoms with E-state index in [0.29, 0.717) is 5.76 Å². The molecule has 0 radical (unpaired) electrons. The molecule has 0 aliphatic heterocycles. The van der Waals surface area contributed by atoms with Gasteiger partial charge in [0.05, 0.1) is 5.75 Å². The summed E-state index contributed by atoms with van der Waals surface area (Å²) in [5.74, 6) is -0.380. The molecule has 0 saturated carbocycles. The van der Waals surface area contributed by atoms with Crippen molar-refractivity contribution < 1.29 is 17.9 Å². The normalized spacial score (nSPS) is 13.6. The Bertz CT molecular complexity index is 700. The number of aryl methyl sites for hydroxylation is 1. The van der Waals surface area contributed by atoms with Gasteiger partial charge >= 0.3 is 0 Å². The number of benzene rings is 1. The highest BCUT2D eigenvalue weighted by Crippen LogP contribution is 2.21. The second kappa shape index (κ2) is 7.02. The SMILES string of the molecule is Cc1cc(NC(=O)[C@H](C)[S@](=O)Cc2c(F)cccc2Cl)no1. The first-order valence-electron chi connectivity index (χ1n) is 6.42. The highest BCUT2D eigenvalue weighted by molar-refractivity contribution is 7.85. The van der Waals surface area contributed by atoms with E-state index in [1.807, 2.05) is 0 Å². The zero-order valence-electron chi connectivity index (χ0n) is 11.9. The van der Waals surface area contributed by atoms with Crippen LogP contribution in [0.3, 0.4) is 0 Å². The monoisotopic (exact) mass is 344 g/mol. The minimum atomic E-state index is -1.63. The summed E-state index contributed by atoms with van der Waals surface area (Å²) in [7, 11) is -1.63. The van der Waals surface area contributed by atoms with Gasteiger partial charge < -0.3 is 9.84 Å². The van der Waals surface area contributed by atoms with Crippen molar-refractivity contribution >= 4 is 34.1 Å². The molecule has 0 fully saturated rings. The van der Waals surface area contributed by atoms with Crippen LogP contribution >= 0.6 is 11.6 Å². The van der Waals surface area contributed by atoms with Gasteiger partial charge in [-0.3, -0.25) is 9.00 Å². The summed E-state index contributed by atoms with van der Waals surface area (Å²) in [4.78, 5) is 12.0. The quantitative estimate of drug-likeness (QED) is 0.904. The third-order valence-electron chi connectivity index (χ3n) is 2.99. The summed E-state index contributed by atoms with van der Waals surface area (Å²) < 4.78 is 30.7. The molecule has 0 bridgehead atoms. The molecule has 22 heavy (non-hydrogen) atoms. The molecular formula is C14H14ClFN2O3S. The fourth-order valence-electron chi connectivity index (χ4n) is 1.71. The average Bonchev–Trinajstić information content (AvgIpc) is 2.87. The molecular weight excluding hydrogens is 331 g/mol. The number of nitrogens with one attached hydrogen (secondary N) is 1. The van der Waals surface area contributed by atoms with Crippen LogP contribution < -0.4 is 5.32 Å². The van der Waals surface area contributed by atoms with Crippen molar-refractivity contribution in [1.82, 2.24) is 5.16 Å². The van der Waals surface area contributed by atoms with E-state index in [2.05, 4.69) is 10.5 Å². The van der Waals surface area contributed by atoms with Gasteiger partial charge in [-0.2, -0.15) is 0 Å². The minimum Gasteiger partial charge on any atom is -0.360 e. The average molecular weight is 345 g/mol. The van der Waals surface area contributed by atoms with Crippen LogP contribution in [0.2, 0.25) is 5.02 Å². The number of hydrogen-bond donors (Lipinski definition) is 1. The lowest BCUT2D eigenvalue weighted by atomic mass is 10.2. The van der Waals surface area contributed by atoms with Gasteiger partial charge in [-0.25, -0.2) is 4.39 Å². The molecule has 5 nitrogen and oxygen atoms in total. The summed E-state index contributed by atoms with van der Waals surface area (Å²) in [5.41, 5.74) is 0.138. The molecule has 8 heteroatoms. The van der Waals surface area contributed by atoms with Gasteiger partial charge in [0, 0.05) is 27.5 Å². The van der Waals surface area contributed by atoms with Crippen molar-refractivity contribution in [3.8, 4) is 0 Å². The van der Waals surface area contributed by atoms with Crippen molar-refractivity contribution in [3.05, 3.63) is 46.4 Å². The second-order valence-corrected chi connectivity index (χ2v) is 6.84. The highest BCUT2D eigenvalue weighted by atomic mass is 35.5. The van der Waals surface area contributed by atoms with Crippen molar-refractivity contribution in [2.75, 3.05) is 5.32 Å². The van der Waals surface area contributed by atoms with E-state index in [9.17, 15) is 13.4 Å². The van der Waals surface area contributed by atoms with Gasteiger partial charge in [-0.15, -0.1) is 0 Å². The zero-order valence-corrected chi connectivity index (χ0v) is 13.5. The highest BCUT2D eigenvalue weighted by Gasteiger charge is 2.23. The third-order valence-corrected chi connectivity index (χ3v) is 4.92. The van der Waals surface area contributed by atoms with Crippen LogP contribution in [-0.2, 0) is 21.3 Å². The van der Waals surface area contributed by atoms with Crippen LogP contribution in [0.25, 0.3) is 0 Å². The lowest BCUT2D eigenvalue weighted by Gasteiger charge is -2.12. The van der Waals surface area contributed by atoms with Gasteiger partial charge in [0.2, 0.25) is 5.91 Å². The summed E-state index contributed by atoms with van der Waals surface area (Å²) >= 11 is 5.89. The largest absolute Gasteiger partial charge is 0.360 e. The van der Waals surface area contributed by atoms with E-state index in [1.165, 1.54) is 25.1 Å². The number of carbonyl (C=O) groups is 1.